The van der Waals surface area contributed by atoms with E-state index in [2.05, 4.69) is 10.6 Å². The van der Waals surface area contributed by atoms with Crippen LogP contribution >= 0.6 is 11.6 Å². The molecular weight excluding hydrogens is 344 g/mol. The number of hydrogen-bond acceptors (Lipinski definition) is 4. The summed E-state index contributed by atoms with van der Waals surface area (Å²) in [5.74, 6) is 0.554. The number of carbonyl (C=O) groups excluding carboxylic acids is 2. The molecule has 2 rings (SSSR count). The summed E-state index contributed by atoms with van der Waals surface area (Å²) in [5, 5.41) is 5.78. The van der Waals surface area contributed by atoms with Gasteiger partial charge in [-0.25, -0.2) is 0 Å². The zero-order chi connectivity index (χ0) is 18.2. The topological polar surface area (TPSA) is 76.7 Å². The van der Waals surface area contributed by atoms with E-state index in [-0.39, 0.29) is 24.8 Å². The fourth-order valence-corrected chi connectivity index (χ4v) is 2.37. The van der Waals surface area contributed by atoms with Gasteiger partial charge in [0.1, 0.15) is 11.5 Å². The van der Waals surface area contributed by atoms with E-state index in [0.717, 1.165) is 0 Å². The van der Waals surface area contributed by atoms with Gasteiger partial charge >= 0.3 is 0 Å². The zero-order valence-corrected chi connectivity index (χ0v) is 14.7. The van der Waals surface area contributed by atoms with Crippen LogP contribution in [0, 0.1) is 0 Å². The molecule has 2 amide bonds. The molecule has 0 unspecified atom stereocenters. The Morgan fingerprint density at radius 1 is 1.08 bits per heavy atom. The van der Waals surface area contributed by atoms with Crippen molar-refractivity contribution in [3.63, 3.8) is 0 Å². The Labute approximate surface area is 151 Å². The smallest absolute Gasteiger partial charge is 0.252 e. The molecule has 25 heavy (non-hydrogen) atoms. The van der Waals surface area contributed by atoms with Gasteiger partial charge < -0.3 is 20.1 Å². The highest BCUT2D eigenvalue weighted by atomic mass is 35.5. The Morgan fingerprint density at radius 2 is 1.84 bits per heavy atom. The predicted octanol–water partition coefficient (Wildman–Crippen LogP) is 3.12. The van der Waals surface area contributed by atoms with Crippen molar-refractivity contribution in [2.45, 2.75) is 6.42 Å². The van der Waals surface area contributed by atoms with Gasteiger partial charge in [-0.3, -0.25) is 9.59 Å². The molecule has 0 saturated carbocycles. The lowest BCUT2D eigenvalue weighted by Crippen LogP contribution is -2.27. The summed E-state index contributed by atoms with van der Waals surface area (Å²) in [4.78, 5) is 24.1. The van der Waals surface area contributed by atoms with Gasteiger partial charge in [-0.05, 0) is 24.3 Å². The van der Waals surface area contributed by atoms with E-state index in [9.17, 15) is 9.59 Å². The molecule has 0 aliphatic rings. The number of hydrogen-bond donors (Lipinski definition) is 2. The van der Waals surface area contributed by atoms with E-state index in [0.29, 0.717) is 27.8 Å². The number of nitrogens with one attached hydrogen (secondary N) is 2. The van der Waals surface area contributed by atoms with E-state index in [1.165, 1.54) is 7.11 Å². The summed E-state index contributed by atoms with van der Waals surface area (Å²) >= 11 is 5.96. The average molecular weight is 363 g/mol. The highest BCUT2D eigenvalue weighted by molar-refractivity contribution is 6.33. The van der Waals surface area contributed by atoms with E-state index >= 15 is 0 Å². The fraction of sp³-hybridized carbons (Fsp3) is 0.222. The Morgan fingerprint density at radius 3 is 2.52 bits per heavy atom. The molecule has 0 aliphatic carbocycles. The molecule has 0 radical (unpaired) electrons. The number of carbonyl (C=O) groups is 2. The lowest BCUT2D eigenvalue weighted by Gasteiger charge is -2.12. The van der Waals surface area contributed by atoms with Crippen LogP contribution in [0.15, 0.2) is 42.5 Å². The average Bonchev–Trinajstić information content (AvgIpc) is 2.62. The lowest BCUT2D eigenvalue weighted by atomic mass is 10.2. The normalized spacial score (nSPS) is 10.0. The summed E-state index contributed by atoms with van der Waals surface area (Å²) in [5.41, 5.74) is 0.909. The van der Waals surface area contributed by atoms with E-state index in [1.54, 1.807) is 49.6 Å². The Balaban J connectivity index is 1.87. The third-order valence-electron chi connectivity index (χ3n) is 3.44. The number of anilines is 1. The molecule has 2 aromatic rings. The molecule has 6 nitrogen and oxygen atoms in total. The van der Waals surface area contributed by atoms with Crippen molar-refractivity contribution < 1.29 is 19.1 Å². The van der Waals surface area contributed by atoms with Gasteiger partial charge in [-0.1, -0.05) is 23.7 Å². The minimum atomic E-state index is -0.319. The van der Waals surface area contributed by atoms with Crippen LogP contribution < -0.4 is 20.1 Å². The Bertz CT molecular complexity index is 764. The van der Waals surface area contributed by atoms with Crippen LogP contribution in [0.5, 0.6) is 11.5 Å². The molecule has 0 saturated heterocycles. The second-order valence-electron chi connectivity index (χ2n) is 5.10. The third kappa shape index (κ3) is 5.12. The van der Waals surface area contributed by atoms with Crippen molar-refractivity contribution >= 4 is 29.1 Å². The molecule has 0 heterocycles. The van der Waals surface area contributed by atoms with Gasteiger partial charge in [-0.2, -0.15) is 0 Å². The summed E-state index contributed by atoms with van der Waals surface area (Å²) in [7, 11) is 3.06. The SMILES string of the molecule is COc1ccc(NC(=O)CCNC(=O)c2ccccc2Cl)c(OC)c1. The largest absolute Gasteiger partial charge is 0.497 e. The van der Waals surface area contributed by atoms with Gasteiger partial charge in [0.15, 0.2) is 0 Å². The molecule has 132 valence electrons. The second kappa shape index (κ2) is 8.94. The van der Waals surface area contributed by atoms with Crippen LogP contribution in [0.1, 0.15) is 16.8 Å². The quantitative estimate of drug-likeness (QED) is 0.793. The monoisotopic (exact) mass is 362 g/mol. The summed E-state index contributed by atoms with van der Waals surface area (Å²) in [6.45, 7) is 0.189. The number of amides is 2. The van der Waals surface area contributed by atoms with Crippen LogP contribution in [0.2, 0.25) is 5.02 Å². The van der Waals surface area contributed by atoms with E-state index < -0.39 is 0 Å². The van der Waals surface area contributed by atoms with Crippen molar-refractivity contribution in [3.05, 3.63) is 53.1 Å². The van der Waals surface area contributed by atoms with Crippen molar-refractivity contribution in [2.24, 2.45) is 0 Å². The molecule has 0 spiro atoms. The first-order valence-electron chi connectivity index (χ1n) is 7.59. The molecule has 2 aromatic carbocycles. The van der Waals surface area contributed by atoms with E-state index in [1.807, 2.05) is 0 Å². The number of halogens is 1. The van der Waals surface area contributed by atoms with Crippen LogP contribution in [0.3, 0.4) is 0 Å². The molecular formula is C18H19ClN2O4. The summed E-state index contributed by atoms with van der Waals surface area (Å²) in [6.07, 6.45) is 0.116. The van der Waals surface area contributed by atoms with Crippen LogP contribution in [-0.2, 0) is 4.79 Å². The van der Waals surface area contributed by atoms with Gasteiger partial charge in [0.05, 0.1) is 30.5 Å². The molecule has 0 aromatic heterocycles. The minimum Gasteiger partial charge on any atom is -0.497 e. The molecule has 0 fully saturated rings. The first-order chi connectivity index (χ1) is 12.0. The lowest BCUT2D eigenvalue weighted by molar-refractivity contribution is -0.116. The van der Waals surface area contributed by atoms with Crippen molar-refractivity contribution in [1.82, 2.24) is 5.32 Å². The second-order valence-corrected chi connectivity index (χ2v) is 5.51. The van der Waals surface area contributed by atoms with Crippen molar-refractivity contribution in [1.29, 1.82) is 0 Å². The number of rotatable bonds is 7. The van der Waals surface area contributed by atoms with Gasteiger partial charge in [0.25, 0.3) is 5.91 Å². The first-order valence-corrected chi connectivity index (χ1v) is 7.97. The maximum Gasteiger partial charge on any atom is 0.252 e. The van der Waals surface area contributed by atoms with Crippen LogP contribution in [0.25, 0.3) is 0 Å². The zero-order valence-electron chi connectivity index (χ0n) is 14.0. The van der Waals surface area contributed by atoms with Crippen molar-refractivity contribution in [2.75, 3.05) is 26.1 Å². The third-order valence-corrected chi connectivity index (χ3v) is 3.77. The maximum absolute atomic E-state index is 12.0. The summed E-state index contributed by atoms with van der Waals surface area (Å²) < 4.78 is 10.3. The Kier molecular flexibility index (Phi) is 6.65. The maximum atomic E-state index is 12.0. The fourth-order valence-electron chi connectivity index (χ4n) is 2.14. The first kappa shape index (κ1) is 18.6. The molecule has 0 aliphatic heterocycles. The van der Waals surface area contributed by atoms with Crippen LogP contribution in [-0.4, -0.2) is 32.6 Å². The van der Waals surface area contributed by atoms with Gasteiger partial charge in [-0.15, -0.1) is 0 Å². The number of methoxy groups -OCH3 is 2. The number of benzene rings is 2. The number of ether oxygens (including phenoxy) is 2. The standard InChI is InChI=1S/C18H19ClN2O4/c1-24-12-7-8-15(16(11-12)25-2)21-17(22)9-10-20-18(23)13-5-3-4-6-14(13)19/h3-8,11H,9-10H2,1-2H3,(H,20,23)(H,21,22). The highest BCUT2D eigenvalue weighted by Gasteiger charge is 2.11. The molecule has 7 heteroatoms. The predicted molar refractivity (Wildman–Crippen MR) is 96.6 cm³/mol. The highest BCUT2D eigenvalue weighted by Crippen LogP contribution is 2.29. The minimum absolute atomic E-state index is 0.116. The van der Waals surface area contributed by atoms with Gasteiger partial charge in [0, 0.05) is 19.0 Å². The Hall–Kier alpha value is -2.73. The summed E-state index contributed by atoms with van der Waals surface area (Å²) in [6, 6.07) is 11.8. The molecule has 2 N–H and O–H groups in total. The van der Waals surface area contributed by atoms with E-state index in [4.69, 9.17) is 21.1 Å². The molecule has 0 atom stereocenters. The van der Waals surface area contributed by atoms with Gasteiger partial charge in [0.2, 0.25) is 5.91 Å². The van der Waals surface area contributed by atoms with Crippen LogP contribution in [0.4, 0.5) is 5.69 Å². The van der Waals surface area contributed by atoms with Crippen molar-refractivity contribution in [3.8, 4) is 11.5 Å². The molecule has 0 bridgehead atoms.